The highest BCUT2D eigenvalue weighted by Crippen LogP contribution is 2.27. The second-order valence-electron chi connectivity index (χ2n) is 4.54. The lowest BCUT2D eigenvalue weighted by Crippen LogP contribution is -2.06. The first-order valence-electron chi connectivity index (χ1n) is 6.05. The van der Waals surface area contributed by atoms with Crippen LogP contribution in [0.4, 0.5) is 5.82 Å². The molecule has 1 unspecified atom stereocenters. The van der Waals surface area contributed by atoms with Crippen LogP contribution in [0.2, 0.25) is 0 Å². The number of hydrogen-bond donors (Lipinski definition) is 0. The van der Waals surface area contributed by atoms with Crippen molar-refractivity contribution in [3.8, 4) is 0 Å². The van der Waals surface area contributed by atoms with Gasteiger partial charge in [-0.15, -0.1) is 0 Å². The van der Waals surface area contributed by atoms with Gasteiger partial charge in [0.15, 0.2) is 5.82 Å². The lowest BCUT2D eigenvalue weighted by atomic mass is 9.86. The highest BCUT2D eigenvalue weighted by Gasteiger charge is 2.13. The number of aliphatic imine (C=N–C) groups is 1. The zero-order valence-electron chi connectivity index (χ0n) is 10.3. The first-order valence-corrected chi connectivity index (χ1v) is 6.05. The normalized spacial score (nSPS) is 20.3. The van der Waals surface area contributed by atoms with Gasteiger partial charge in [-0.2, -0.15) is 0 Å². The molecule has 0 amide bonds. The molecular formula is C15H18N2. The first kappa shape index (κ1) is 11.8. The Morgan fingerprint density at radius 2 is 2.41 bits per heavy atom. The number of rotatable bonds is 3. The van der Waals surface area contributed by atoms with Crippen molar-refractivity contribution in [3.63, 3.8) is 0 Å². The maximum atomic E-state index is 4.37. The van der Waals surface area contributed by atoms with Crippen molar-refractivity contribution in [2.24, 2.45) is 10.9 Å². The summed E-state index contributed by atoms with van der Waals surface area (Å²) in [5, 5.41) is 0. The highest BCUT2D eigenvalue weighted by atomic mass is 14.9. The molecule has 88 valence electrons. The molecule has 1 aliphatic rings. The Morgan fingerprint density at radius 3 is 3.00 bits per heavy atom. The van der Waals surface area contributed by atoms with E-state index < -0.39 is 0 Å². The predicted octanol–water partition coefficient (Wildman–Crippen LogP) is 4.09. The second-order valence-corrected chi connectivity index (χ2v) is 4.54. The number of hydrogen-bond acceptors (Lipinski definition) is 2. The summed E-state index contributed by atoms with van der Waals surface area (Å²) >= 11 is 0. The second kappa shape index (κ2) is 5.58. The minimum absolute atomic E-state index is 0.655. The van der Waals surface area contributed by atoms with E-state index in [-0.39, 0.29) is 0 Å². The molecule has 0 saturated carbocycles. The van der Waals surface area contributed by atoms with Crippen molar-refractivity contribution in [1.29, 1.82) is 0 Å². The Morgan fingerprint density at radius 1 is 1.53 bits per heavy atom. The maximum absolute atomic E-state index is 4.37. The fourth-order valence-electron chi connectivity index (χ4n) is 2.00. The van der Waals surface area contributed by atoms with Crippen molar-refractivity contribution in [3.05, 3.63) is 48.2 Å². The Kier molecular flexibility index (Phi) is 3.86. The smallest absolute Gasteiger partial charge is 0.151 e. The minimum atomic E-state index is 0.655. The van der Waals surface area contributed by atoms with E-state index in [0.717, 1.165) is 18.7 Å². The van der Waals surface area contributed by atoms with Crippen LogP contribution in [0.15, 0.2) is 53.2 Å². The van der Waals surface area contributed by atoms with Gasteiger partial charge in [0, 0.05) is 12.4 Å². The standard InChI is InChI=1S/C15H18N2/c1-12(2)14-8-6-13(7-9-14)11-17-15-5-3-4-10-16-15/h3-6,10-11,14H,1,7-9H2,2H3. The van der Waals surface area contributed by atoms with E-state index in [1.54, 1.807) is 6.20 Å². The van der Waals surface area contributed by atoms with Gasteiger partial charge in [0.05, 0.1) is 0 Å². The number of nitrogens with zero attached hydrogens (tertiary/aromatic N) is 2. The van der Waals surface area contributed by atoms with Crippen molar-refractivity contribution in [2.45, 2.75) is 26.2 Å². The third-order valence-corrected chi connectivity index (χ3v) is 3.15. The molecule has 1 aromatic heterocycles. The van der Waals surface area contributed by atoms with Gasteiger partial charge in [-0.1, -0.05) is 24.3 Å². The van der Waals surface area contributed by atoms with E-state index >= 15 is 0 Å². The van der Waals surface area contributed by atoms with Crippen LogP contribution in [0.1, 0.15) is 26.2 Å². The van der Waals surface area contributed by atoms with Crippen molar-refractivity contribution >= 4 is 12.0 Å². The third-order valence-electron chi connectivity index (χ3n) is 3.15. The van der Waals surface area contributed by atoms with Gasteiger partial charge in [-0.05, 0) is 49.8 Å². The van der Waals surface area contributed by atoms with E-state index in [1.807, 2.05) is 24.4 Å². The fraction of sp³-hybridized carbons (Fsp3) is 0.333. The Labute approximate surface area is 103 Å². The molecule has 0 bridgehead atoms. The molecule has 0 saturated heterocycles. The summed E-state index contributed by atoms with van der Waals surface area (Å²) in [6.45, 7) is 6.14. The van der Waals surface area contributed by atoms with Gasteiger partial charge in [-0.25, -0.2) is 9.98 Å². The lowest BCUT2D eigenvalue weighted by molar-refractivity contribution is 0.549. The summed E-state index contributed by atoms with van der Waals surface area (Å²) < 4.78 is 0. The van der Waals surface area contributed by atoms with Gasteiger partial charge in [0.2, 0.25) is 0 Å². The summed E-state index contributed by atoms with van der Waals surface area (Å²) in [7, 11) is 0. The van der Waals surface area contributed by atoms with Crippen LogP contribution in [-0.4, -0.2) is 11.2 Å². The molecule has 0 aromatic carbocycles. The van der Waals surface area contributed by atoms with Crippen LogP contribution in [0.25, 0.3) is 0 Å². The quantitative estimate of drug-likeness (QED) is 0.563. The summed E-state index contributed by atoms with van der Waals surface area (Å²) in [5.74, 6) is 1.43. The predicted molar refractivity (Wildman–Crippen MR) is 72.6 cm³/mol. The summed E-state index contributed by atoms with van der Waals surface area (Å²) in [5.41, 5.74) is 2.61. The number of pyridine rings is 1. The average molecular weight is 226 g/mol. The Hall–Kier alpha value is -1.70. The average Bonchev–Trinajstić information content (AvgIpc) is 2.38. The van der Waals surface area contributed by atoms with E-state index in [2.05, 4.69) is 29.6 Å². The van der Waals surface area contributed by atoms with E-state index in [4.69, 9.17) is 0 Å². The first-order chi connectivity index (χ1) is 8.25. The molecule has 0 aliphatic heterocycles. The molecule has 1 aromatic rings. The highest BCUT2D eigenvalue weighted by molar-refractivity contribution is 5.80. The van der Waals surface area contributed by atoms with Gasteiger partial charge >= 0.3 is 0 Å². The fourth-order valence-corrected chi connectivity index (χ4v) is 2.00. The van der Waals surface area contributed by atoms with Gasteiger partial charge < -0.3 is 0 Å². The molecule has 2 rings (SSSR count). The number of allylic oxidation sites excluding steroid dienone is 3. The van der Waals surface area contributed by atoms with Crippen LogP contribution in [0.5, 0.6) is 0 Å². The summed E-state index contributed by atoms with van der Waals surface area (Å²) in [6.07, 6.45) is 9.35. The molecule has 0 N–H and O–H groups in total. The van der Waals surface area contributed by atoms with Gasteiger partial charge in [0.25, 0.3) is 0 Å². The minimum Gasteiger partial charge on any atom is -0.237 e. The lowest BCUT2D eigenvalue weighted by Gasteiger charge is -2.20. The maximum Gasteiger partial charge on any atom is 0.151 e. The van der Waals surface area contributed by atoms with Crippen molar-refractivity contribution in [2.75, 3.05) is 0 Å². The van der Waals surface area contributed by atoms with Gasteiger partial charge in [0.1, 0.15) is 0 Å². The molecule has 0 spiro atoms. The molecule has 2 nitrogen and oxygen atoms in total. The van der Waals surface area contributed by atoms with Crippen LogP contribution in [0, 0.1) is 5.92 Å². The largest absolute Gasteiger partial charge is 0.237 e. The zero-order chi connectivity index (χ0) is 12.1. The molecule has 1 aliphatic carbocycles. The Balaban J connectivity index is 1.97. The molecule has 1 atom stereocenters. The van der Waals surface area contributed by atoms with Crippen LogP contribution < -0.4 is 0 Å². The third kappa shape index (κ3) is 3.38. The van der Waals surface area contributed by atoms with Crippen LogP contribution in [0.3, 0.4) is 0 Å². The number of aromatic nitrogens is 1. The van der Waals surface area contributed by atoms with Crippen molar-refractivity contribution in [1.82, 2.24) is 4.98 Å². The van der Waals surface area contributed by atoms with E-state index in [1.165, 1.54) is 17.6 Å². The Bertz CT molecular complexity index is 443. The van der Waals surface area contributed by atoms with Crippen molar-refractivity contribution < 1.29 is 0 Å². The molecule has 1 heterocycles. The molecule has 0 fully saturated rings. The van der Waals surface area contributed by atoms with Crippen LogP contribution >= 0.6 is 0 Å². The molecule has 0 radical (unpaired) electrons. The molecule has 2 heteroatoms. The molecule has 17 heavy (non-hydrogen) atoms. The zero-order valence-corrected chi connectivity index (χ0v) is 10.3. The van der Waals surface area contributed by atoms with Gasteiger partial charge in [-0.3, -0.25) is 0 Å². The summed E-state index contributed by atoms with van der Waals surface area (Å²) in [4.78, 5) is 8.54. The van der Waals surface area contributed by atoms with Crippen LogP contribution in [-0.2, 0) is 0 Å². The van der Waals surface area contributed by atoms with E-state index in [0.29, 0.717) is 5.92 Å². The topological polar surface area (TPSA) is 25.2 Å². The van der Waals surface area contributed by atoms with E-state index in [9.17, 15) is 0 Å². The monoisotopic (exact) mass is 226 g/mol. The summed E-state index contributed by atoms with van der Waals surface area (Å²) in [6, 6.07) is 5.76. The SMILES string of the molecule is C=C(C)C1CC=C(C=Nc2ccccn2)CC1. The molecular weight excluding hydrogens is 208 g/mol.